The molecule has 0 saturated carbocycles. The summed E-state index contributed by atoms with van der Waals surface area (Å²) in [6.45, 7) is 1.79. The van der Waals surface area contributed by atoms with Gasteiger partial charge in [-0.05, 0) is 20.0 Å². The standard InChI is InChI=1S/C17H21FN4O3/c1-10(20(2)9-11-7-5-6-8-12(11)18)14(23)13-15(19)21(3)17(25)22(4)16(13)24/h5-8,10H,9,19H2,1-4H3. The van der Waals surface area contributed by atoms with Gasteiger partial charge in [-0.2, -0.15) is 0 Å². The topological polar surface area (TPSA) is 90.3 Å². The van der Waals surface area contributed by atoms with Crippen molar-refractivity contribution < 1.29 is 9.18 Å². The maximum Gasteiger partial charge on any atom is 0.332 e. The molecule has 0 bridgehead atoms. The summed E-state index contributed by atoms with van der Waals surface area (Å²) >= 11 is 0. The number of nitrogens with zero attached hydrogens (tertiary/aromatic N) is 3. The predicted octanol–water partition coefficient (Wildman–Crippen LogP) is 0.509. The second kappa shape index (κ2) is 7.02. The van der Waals surface area contributed by atoms with Gasteiger partial charge >= 0.3 is 5.69 Å². The first-order chi connectivity index (χ1) is 11.7. The molecule has 1 unspecified atom stereocenters. The molecule has 0 aliphatic heterocycles. The molecular weight excluding hydrogens is 327 g/mol. The number of nitrogen functional groups attached to an aromatic ring is 1. The van der Waals surface area contributed by atoms with Crippen LogP contribution in [0.25, 0.3) is 0 Å². The Labute approximate surface area is 144 Å². The molecule has 2 N–H and O–H groups in total. The third-order valence-electron chi connectivity index (χ3n) is 4.37. The molecule has 1 aromatic carbocycles. The van der Waals surface area contributed by atoms with E-state index in [4.69, 9.17) is 5.73 Å². The molecule has 0 aliphatic rings. The molecule has 1 atom stereocenters. The summed E-state index contributed by atoms with van der Waals surface area (Å²) in [6, 6.07) is 5.54. The van der Waals surface area contributed by atoms with E-state index in [9.17, 15) is 18.8 Å². The van der Waals surface area contributed by atoms with E-state index in [1.54, 1.807) is 37.1 Å². The van der Waals surface area contributed by atoms with Crippen molar-refractivity contribution in [2.75, 3.05) is 12.8 Å². The van der Waals surface area contributed by atoms with Crippen LogP contribution in [0, 0.1) is 5.82 Å². The van der Waals surface area contributed by atoms with Crippen molar-refractivity contribution >= 4 is 11.6 Å². The van der Waals surface area contributed by atoms with E-state index >= 15 is 0 Å². The van der Waals surface area contributed by atoms with Crippen molar-refractivity contribution in [1.29, 1.82) is 0 Å². The average molecular weight is 348 g/mol. The highest BCUT2D eigenvalue weighted by molar-refractivity contribution is 6.03. The number of nitrogens with two attached hydrogens (primary N) is 1. The van der Waals surface area contributed by atoms with Crippen molar-refractivity contribution in [3.63, 3.8) is 0 Å². The van der Waals surface area contributed by atoms with E-state index in [0.717, 1.165) is 9.13 Å². The Balaban J connectivity index is 2.36. The molecule has 0 spiro atoms. The fraction of sp³-hybridized carbons (Fsp3) is 0.353. The van der Waals surface area contributed by atoms with Gasteiger partial charge in [0.25, 0.3) is 5.56 Å². The molecule has 0 amide bonds. The first-order valence-electron chi connectivity index (χ1n) is 7.70. The summed E-state index contributed by atoms with van der Waals surface area (Å²) in [6.07, 6.45) is 0. The van der Waals surface area contributed by atoms with Gasteiger partial charge in [0, 0.05) is 26.2 Å². The third-order valence-corrected chi connectivity index (χ3v) is 4.37. The molecule has 134 valence electrons. The number of halogens is 1. The van der Waals surface area contributed by atoms with Crippen LogP contribution in [0.2, 0.25) is 0 Å². The quantitative estimate of drug-likeness (QED) is 0.795. The molecular formula is C17H21FN4O3. The van der Waals surface area contributed by atoms with Crippen LogP contribution >= 0.6 is 0 Å². The Morgan fingerprint density at radius 2 is 1.84 bits per heavy atom. The zero-order chi connectivity index (χ0) is 18.9. The zero-order valence-electron chi connectivity index (χ0n) is 14.6. The van der Waals surface area contributed by atoms with Gasteiger partial charge in [-0.25, -0.2) is 9.18 Å². The van der Waals surface area contributed by atoms with E-state index < -0.39 is 23.1 Å². The summed E-state index contributed by atoms with van der Waals surface area (Å²) in [5.74, 6) is -1.07. The van der Waals surface area contributed by atoms with Crippen molar-refractivity contribution in [3.05, 3.63) is 62.0 Å². The lowest BCUT2D eigenvalue weighted by Crippen LogP contribution is -2.45. The molecule has 25 heavy (non-hydrogen) atoms. The van der Waals surface area contributed by atoms with Crippen molar-refractivity contribution in [3.8, 4) is 0 Å². The van der Waals surface area contributed by atoms with E-state index in [-0.39, 0.29) is 23.7 Å². The van der Waals surface area contributed by atoms with E-state index in [1.165, 1.54) is 20.2 Å². The molecule has 2 rings (SSSR count). The van der Waals surface area contributed by atoms with E-state index in [0.29, 0.717) is 5.56 Å². The second-order valence-electron chi connectivity index (χ2n) is 6.01. The predicted molar refractivity (Wildman–Crippen MR) is 93.0 cm³/mol. The highest BCUT2D eigenvalue weighted by Gasteiger charge is 2.27. The van der Waals surface area contributed by atoms with Crippen molar-refractivity contribution in [1.82, 2.24) is 14.0 Å². The van der Waals surface area contributed by atoms with Crippen LogP contribution < -0.4 is 17.0 Å². The molecule has 0 fully saturated rings. The van der Waals surface area contributed by atoms with Gasteiger partial charge in [0.05, 0.1) is 6.04 Å². The number of aromatic nitrogens is 2. The molecule has 1 heterocycles. The Kier molecular flexibility index (Phi) is 5.22. The number of hydrogen-bond donors (Lipinski definition) is 1. The van der Waals surface area contributed by atoms with Gasteiger partial charge in [0.1, 0.15) is 17.2 Å². The second-order valence-corrected chi connectivity index (χ2v) is 6.01. The van der Waals surface area contributed by atoms with Gasteiger partial charge in [0.15, 0.2) is 5.78 Å². The lowest BCUT2D eigenvalue weighted by Gasteiger charge is -2.24. The number of hydrogen-bond acceptors (Lipinski definition) is 5. The molecule has 8 heteroatoms. The number of ketones is 1. The number of carbonyl (C=O) groups is 1. The van der Waals surface area contributed by atoms with E-state index in [2.05, 4.69) is 0 Å². The fourth-order valence-corrected chi connectivity index (χ4v) is 2.53. The van der Waals surface area contributed by atoms with Gasteiger partial charge in [-0.15, -0.1) is 0 Å². The molecule has 0 aliphatic carbocycles. The minimum Gasteiger partial charge on any atom is -0.384 e. The van der Waals surface area contributed by atoms with Crippen molar-refractivity contribution in [2.24, 2.45) is 14.1 Å². The summed E-state index contributed by atoms with van der Waals surface area (Å²) in [5.41, 5.74) is 4.67. The number of likely N-dealkylation sites (N-methyl/N-ethyl adjacent to an activating group) is 1. The van der Waals surface area contributed by atoms with Crippen LogP contribution in [0.1, 0.15) is 22.8 Å². The molecule has 7 nitrogen and oxygen atoms in total. The van der Waals surface area contributed by atoms with Crippen LogP contribution in [0.4, 0.5) is 10.2 Å². The largest absolute Gasteiger partial charge is 0.384 e. The minimum absolute atomic E-state index is 0.177. The third kappa shape index (κ3) is 3.39. The van der Waals surface area contributed by atoms with E-state index in [1.807, 2.05) is 0 Å². The molecule has 0 radical (unpaired) electrons. The number of benzene rings is 1. The first-order valence-corrected chi connectivity index (χ1v) is 7.70. The van der Waals surface area contributed by atoms with Crippen LogP contribution in [0.3, 0.4) is 0 Å². The van der Waals surface area contributed by atoms with Gasteiger partial charge < -0.3 is 5.73 Å². The highest BCUT2D eigenvalue weighted by atomic mass is 19.1. The Hall–Kier alpha value is -2.74. The number of Topliss-reactive ketones (excluding diaryl/α,β-unsaturated/α-hetero) is 1. The Bertz CT molecular complexity index is 932. The molecule has 1 aromatic heterocycles. The minimum atomic E-state index is -0.739. The monoisotopic (exact) mass is 348 g/mol. The highest BCUT2D eigenvalue weighted by Crippen LogP contribution is 2.14. The summed E-state index contributed by atoms with van der Waals surface area (Å²) < 4.78 is 15.7. The maximum atomic E-state index is 13.8. The Morgan fingerprint density at radius 3 is 2.44 bits per heavy atom. The van der Waals surface area contributed by atoms with Crippen LogP contribution in [0.5, 0.6) is 0 Å². The van der Waals surface area contributed by atoms with Gasteiger partial charge in [-0.1, -0.05) is 18.2 Å². The fourth-order valence-electron chi connectivity index (χ4n) is 2.53. The van der Waals surface area contributed by atoms with Crippen molar-refractivity contribution in [2.45, 2.75) is 19.5 Å². The summed E-state index contributed by atoms with van der Waals surface area (Å²) in [4.78, 5) is 38.6. The van der Waals surface area contributed by atoms with Crippen LogP contribution in [-0.4, -0.2) is 32.9 Å². The van der Waals surface area contributed by atoms with Crippen LogP contribution in [-0.2, 0) is 20.6 Å². The maximum absolute atomic E-state index is 13.8. The van der Waals surface area contributed by atoms with Gasteiger partial charge in [-0.3, -0.25) is 23.6 Å². The zero-order valence-corrected chi connectivity index (χ0v) is 14.6. The lowest BCUT2D eigenvalue weighted by molar-refractivity contribution is 0.0859. The van der Waals surface area contributed by atoms with Crippen LogP contribution in [0.15, 0.2) is 33.9 Å². The molecule has 0 saturated heterocycles. The lowest BCUT2D eigenvalue weighted by atomic mass is 10.1. The number of anilines is 1. The summed E-state index contributed by atoms with van der Waals surface area (Å²) in [5, 5.41) is 0. The first kappa shape index (κ1) is 18.6. The number of rotatable bonds is 5. The SMILES string of the molecule is CC(C(=O)c1c(N)n(C)c(=O)n(C)c1=O)N(C)Cc1ccccc1F. The summed E-state index contributed by atoms with van der Waals surface area (Å²) in [7, 11) is 4.33. The normalized spacial score (nSPS) is 12.4. The van der Waals surface area contributed by atoms with Gasteiger partial charge in [0.2, 0.25) is 0 Å². The molecule has 2 aromatic rings. The Morgan fingerprint density at radius 1 is 1.24 bits per heavy atom. The number of carbonyl (C=O) groups excluding carboxylic acids is 1. The smallest absolute Gasteiger partial charge is 0.332 e. The average Bonchev–Trinajstić information content (AvgIpc) is 2.59.